The third-order valence-electron chi connectivity index (χ3n) is 4.95. The first-order chi connectivity index (χ1) is 14.9. The lowest BCUT2D eigenvalue weighted by atomic mass is 10.0. The van der Waals surface area contributed by atoms with Crippen molar-refractivity contribution in [3.8, 4) is 5.75 Å². The first kappa shape index (κ1) is 20.1. The van der Waals surface area contributed by atoms with Crippen LogP contribution in [-0.4, -0.2) is 33.5 Å². The van der Waals surface area contributed by atoms with Crippen LogP contribution >= 0.6 is 0 Å². The zero-order valence-electron chi connectivity index (χ0n) is 16.7. The molecule has 0 aromatic heterocycles. The number of phenolic OH excluding ortho intramolecular Hbond substituents is 1. The maximum Gasteiger partial charge on any atom is 0.323 e. The number of hydrogen-bond donors (Lipinski definition) is 3. The second-order valence-electron chi connectivity index (χ2n) is 7.20. The van der Waals surface area contributed by atoms with E-state index in [1.807, 2.05) is 31.2 Å². The molecule has 1 atom stereocenters. The number of hydrogen-bond acceptors (Lipinski definition) is 6. The van der Waals surface area contributed by atoms with Crippen molar-refractivity contribution in [2.75, 3.05) is 11.9 Å². The van der Waals surface area contributed by atoms with E-state index < -0.39 is 24.6 Å². The highest BCUT2D eigenvalue weighted by Crippen LogP contribution is 2.38. The van der Waals surface area contributed by atoms with Crippen LogP contribution in [0.25, 0.3) is 0 Å². The fraction of sp³-hybridized carbons (Fsp3) is 0.130. The van der Waals surface area contributed by atoms with E-state index in [1.165, 1.54) is 11.0 Å². The van der Waals surface area contributed by atoms with Crippen molar-refractivity contribution >= 4 is 28.9 Å². The number of para-hydroxylation sites is 1. The van der Waals surface area contributed by atoms with Crippen molar-refractivity contribution < 1.29 is 19.8 Å². The summed E-state index contributed by atoms with van der Waals surface area (Å²) in [5.74, 6) is -1.68. The number of carboxylic acids is 1. The SMILES string of the molecule is Cc1ccc(N=Nc2ccc(O)c(C3Nc4ccccc4C(=O)N3CC(=O)O)c2)cc1. The lowest BCUT2D eigenvalue weighted by Crippen LogP contribution is -2.45. The molecule has 8 heteroatoms. The van der Waals surface area contributed by atoms with Gasteiger partial charge in [0.1, 0.15) is 18.5 Å². The number of phenols is 1. The predicted molar refractivity (Wildman–Crippen MR) is 115 cm³/mol. The number of rotatable bonds is 5. The number of nitrogens with zero attached hydrogens (tertiary/aromatic N) is 3. The van der Waals surface area contributed by atoms with Crippen LogP contribution < -0.4 is 5.32 Å². The highest BCUT2D eigenvalue weighted by Gasteiger charge is 2.35. The average molecular weight is 416 g/mol. The molecule has 1 heterocycles. The van der Waals surface area contributed by atoms with Crippen molar-refractivity contribution in [3.63, 3.8) is 0 Å². The number of benzene rings is 3. The Hall–Kier alpha value is -4.20. The van der Waals surface area contributed by atoms with E-state index in [0.717, 1.165) is 5.56 Å². The van der Waals surface area contributed by atoms with Gasteiger partial charge in [-0.25, -0.2) is 0 Å². The number of carboxylic acid groups (broad SMARTS) is 1. The number of aryl methyl sites for hydroxylation is 1. The van der Waals surface area contributed by atoms with Gasteiger partial charge in [-0.15, -0.1) is 0 Å². The standard InChI is InChI=1S/C23H20N4O4/c1-14-6-8-15(9-7-14)25-26-16-10-11-20(28)18(12-16)22-24-19-5-3-2-4-17(19)23(31)27(22)13-21(29)30/h2-12,22,24,28H,13H2,1H3,(H,29,30). The number of carbonyl (C=O) groups excluding carboxylic acids is 1. The highest BCUT2D eigenvalue weighted by molar-refractivity contribution is 6.02. The highest BCUT2D eigenvalue weighted by atomic mass is 16.4. The van der Waals surface area contributed by atoms with Gasteiger partial charge in [0.05, 0.1) is 16.9 Å². The van der Waals surface area contributed by atoms with Crippen LogP contribution in [0, 0.1) is 6.92 Å². The Morgan fingerprint density at radius 3 is 2.45 bits per heavy atom. The Morgan fingerprint density at radius 2 is 1.71 bits per heavy atom. The molecule has 0 bridgehead atoms. The Bertz CT molecular complexity index is 1170. The summed E-state index contributed by atoms with van der Waals surface area (Å²) < 4.78 is 0. The number of aliphatic carboxylic acids is 1. The predicted octanol–water partition coefficient (Wildman–Crippen LogP) is 4.77. The van der Waals surface area contributed by atoms with Crippen molar-refractivity contribution in [3.05, 3.63) is 83.4 Å². The van der Waals surface area contributed by atoms with Crippen LogP contribution in [0.15, 0.2) is 77.0 Å². The van der Waals surface area contributed by atoms with Crippen LogP contribution in [0.4, 0.5) is 17.1 Å². The molecule has 1 aliphatic heterocycles. The molecule has 0 saturated heterocycles. The number of aromatic hydroxyl groups is 1. The molecule has 1 unspecified atom stereocenters. The van der Waals surface area contributed by atoms with Gasteiger partial charge in [-0.3, -0.25) is 9.59 Å². The van der Waals surface area contributed by atoms with E-state index in [9.17, 15) is 19.8 Å². The molecule has 4 rings (SSSR count). The van der Waals surface area contributed by atoms with E-state index in [1.54, 1.807) is 36.4 Å². The van der Waals surface area contributed by atoms with Crippen LogP contribution in [0.3, 0.4) is 0 Å². The maximum atomic E-state index is 13.0. The van der Waals surface area contributed by atoms with Gasteiger partial charge in [0, 0.05) is 11.3 Å². The maximum absolute atomic E-state index is 13.0. The monoisotopic (exact) mass is 416 g/mol. The molecule has 0 fully saturated rings. The van der Waals surface area contributed by atoms with E-state index in [2.05, 4.69) is 15.5 Å². The molecule has 8 nitrogen and oxygen atoms in total. The third kappa shape index (κ3) is 4.23. The van der Waals surface area contributed by atoms with E-state index >= 15 is 0 Å². The minimum absolute atomic E-state index is 0.0886. The molecule has 156 valence electrons. The molecule has 0 aliphatic carbocycles. The van der Waals surface area contributed by atoms with Crippen LogP contribution in [-0.2, 0) is 4.79 Å². The Morgan fingerprint density at radius 1 is 1.03 bits per heavy atom. The van der Waals surface area contributed by atoms with Crippen LogP contribution in [0.1, 0.15) is 27.7 Å². The lowest BCUT2D eigenvalue weighted by molar-refractivity contribution is -0.138. The fourth-order valence-corrected chi connectivity index (χ4v) is 3.40. The number of anilines is 1. The third-order valence-corrected chi connectivity index (χ3v) is 4.95. The minimum Gasteiger partial charge on any atom is -0.508 e. The Kier molecular flexibility index (Phi) is 5.36. The normalized spacial score (nSPS) is 15.6. The number of amides is 1. The fourth-order valence-electron chi connectivity index (χ4n) is 3.40. The van der Waals surface area contributed by atoms with Gasteiger partial charge in [0.25, 0.3) is 5.91 Å². The minimum atomic E-state index is -1.16. The van der Waals surface area contributed by atoms with E-state index in [4.69, 9.17) is 0 Å². The number of azo groups is 1. The summed E-state index contributed by atoms with van der Waals surface area (Å²) in [5, 5.41) is 31.4. The lowest BCUT2D eigenvalue weighted by Gasteiger charge is -2.37. The van der Waals surface area contributed by atoms with Gasteiger partial charge in [-0.1, -0.05) is 29.8 Å². The van der Waals surface area contributed by atoms with Gasteiger partial charge < -0.3 is 20.4 Å². The molecule has 3 aromatic rings. The summed E-state index contributed by atoms with van der Waals surface area (Å²) in [7, 11) is 0. The summed E-state index contributed by atoms with van der Waals surface area (Å²) in [6, 6.07) is 19.0. The van der Waals surface area contributed by atoms with Crippen molar-refractivity contribution in [1.29, 1.82) is 0 Å². The molecule has 31 heavy (non-hydrogen) atoms. The number of fused-ring (bicyclic) bond motifs is 1. The summed E-state index contributed by atoms with van der Waals surface area (Å²) in [6.07, 6.45) is -0.881. The smallest absolute Gasteiger partial charge is 0.323 e. The Balaban J connectivity index is 1.71. The van der Waals surface area contributed by atoms with Crippen LogP contribution in [0.2, 0.25) is 0 Å². The number of carbonyl (C=O) groups is 2. The van der Waals surface area contributed by atoms with Gasteiger partial charge in [0.2, 0.25) is 0 Å². The van der Waals surface area contributed by atoms with E-state index in [0.29, 0.717) is 28.2 Å². The topological polar surface area (TPSA) is 115 Å². The quantitative estimate of drug-likeness (QED) is 0.519. The number of nitrogens with one attached hydrogen (secondary N) is 1. The zero-order valence-corrected chi connectivity index (χ0v) is 16.7. The zero-order chi connectivity index (χ0) is 22.0. The van der Waals surface area contributed by atoms with Gasteiger partial charge in [-0.2, -0.15) is 10.2 Å². The second kappa shape index (κ2) is 8.27. The largest absolute Gasteiger partial charge is 0.508 e. The molecular weight excluding hydrogens is 396 g/mol. The van der Waals surface area contributed by atoms with Gasteiger partial charge in [-0.05, 0) is 49.4 Å². The molecule has 3 N–H and O–H groups in total. The molecule has 1 aliphatic rings. The summed E-state index contributed by atoms with van der Waals surface area (Å²) in [4.78, 5) is 25.6. The van der Waals surface area contributed by atoms with E-state index in [-0.39, 0.29) is 5.75 Å². The molecule has 1 amide bonds. The average Bonchev–Trinajstić information content (AvgIpc) is 2.76. The molecule has 0 radical (unpaired) electrons. The first-order valence-electron chi connectivity index (χ1n) is 9.62. The second-order valence-corrected chi connectivity index (χ2v) is 7.20. The van der Waals surface area contributed by atoms with Crippen molar-refractivity contribution in [2.45, 2.75) is 13.1 Å². The molecule has 0 spiro atoms. The van der Waals surface area contributed by atoms with Gasteiger partial charge >= 0.3 is 5.97 Å². The molecule has 0 saturated carbocycles. The summed E-state index contributed by atoms with van der Waals surface area (Å²) >= 11 is 0. The van der Waals surface area contributed by atoms with Gasteiger partial charge in [0.15, 0.2) is 0 Å². The van der Waals surface area contributed by atoms with Crippen molar-refractivity contribution in [2.24, 2.45) is 10.2 Å². The van der Waals surface area contributed by atoms with Crippen LogP contribution in [0.5, 0.6) is 5.75 Å². The first-order valence-corrected chi connectivity index (χ1v) is 9.62. The summed E-state index contributed by atoms with van der Waals surface area (Å²) in [6.45, 7) is 1.45. The Labute approximate surface area is 178 Å². The van der Waals surface area contributed by atoms with Crippen molar-refractivity contribution in [1.82, 2.24) is 4.90 Å². The molecular formula is C23H20N4O4. The molecule has 3 aromatic carbocycles. The summed E-state index contributed by atoms with van der Waals surface area (Å²) in [5.41, 5.74) is 3.49.